The summed E-state index contributed by atoms with van der Waals surface area (Å²) in [5, 5.41) is 19.0. The normalized spacial score (nSPS) is 8.62. The molecule has 0 atom stereocenters. The van der Waals surface area contributed by atoms with Gasteiger partial charge in [0.25, 0.3) is 0 Å². The van der Waals surface area contributed by atoms with Crippen molar-refractivity contribution in [1.29, 1.82) is 0 Å². The van der Waals surface area contributed by atoms with E-state index in [0.717, 1.165) is 4.88 Å². The smallest absolute Gasteiger partial charge is 0.423 e. The van der Waals surface area contributed by atoms with Crippen LogP contribution >= 0.6 is 11.3 Å². The maximum atomic E-state index is 8.66. The summed E-state index contributed by atoms with van der Waals surface area (Å²) in [5.74, 6) is 0. The van der Waals surface area contributed by atoms with E-state index >= 15 is 0 Å². The van der Waals surface area contributed by atoms with Crippen molar-refractivity contribution in [3.63, 3.8) is 0 Å². The van der Waals surface area contributed by atoms with E-state index in [9.17, 15) is 0 Å². The Morgan fingerprint density at radius 3 is 1.95 bits per heavy atom. The minimum absolute atomic E-state index is 0.528. The number of benzene rings is 1. The van der Waals surface area contributed by atoms with Gasteiger partial charge in [-0.05, 0) is 29.4 Å². The Hall–Kier alpha value is -1.62. The molecule has 4 heteroatoms. The topological polar surface area (TPSA) is 40.5 Å². The summed E-state index contributed by atoms with van der Waals surface area (Å²) in [7, 11) is -1.36. The van der Waals surface area contributed by atoms with Gasteiger partial charge in [-0.1, -0.05) is 69.0 Å². The van der Waals surface area contributed by atoms with E-state index < -0.39 is 7.12 Å². The highest BCUT2D eigenvalue weighted by Gasteiger charge is 2.11. The average Bonchev–Trinajstić information content (AvgIpc) is 3.00. The van der Waals surface area contributed by atoms with Gasteiger partial charge in [-0.15, -0.1) is 11.3 Å². The van der Waals surface area contributed by atoms with Gasteiger partial charge in [-0.3, -0.25) is 0 Å². The van der Waals surface area contributed by atoms with Gasteiger partial charge in [0, 0.05) is 4.88 Å². The number of hydrogen-bond donors (Lipinski definition) is 2. The molecule has 0 unspecified atom stereocenters. The summed E-state index contributed by atoms with van der Waals surface area (Å²) < 4.78 is 0. The molecule has 1 heterocycles. The van der Waals surface area contributed by atoms with Crippen LogP contribution in [0.25, 0.3) is 12.2 Å². The van der Waals surface area contributed by atoms with Gasteiger partial charge in [0.2, 0.25) is 0 Å². The lowest BCUT2D eigenvalue weighted by Crippen LogP contribution is -2.27. The first-order valence-electron chi connectivity index (χ1n) is 6.83. The molecule has 0 saturated carbocycles. The lowest BCUT2D eigenvalue weighted by atomic mass is 9.83. The van der Waals surface area contributed by atoms with Gasteiger partial charge < -0.3 is 10.0 Å². The molecule has 0 radical (unpaired) electrons. The lowest BCUT2D eigenvalue weighted by Gasteiger charge is -1.91. The van der Waals surface area contributed by atoms with Gasteiger partial charge in [-0.25, -0.2) is 0 Å². The van der Waals surface area contributed by atoms with Crippen LogP contribution < -0.4 is 5.46 Å². The molecule has 1 aromatic carbocycles. The second-order valence-electron chi connectivity index (χ2n) is 3.98. The summed E-state index contributed by atoms with van der Waals surface area (Å²) in [6, 6.07) is 9.97. The second-order valence-corrected chi connectivity index (χ2v) is 4.92. The van der Waals surface area contributed by atoms with Crippen molar-refractivity contribution in [2.24, 2.45) is 0 Å². The highest BCUT2D eigenvalue weighted by Crippen LogP contribution is 2.07. The molecular formula is C17H23BO2S. The highest BCUT2D eigenvalue weighted by atomic mass is 32.1. The molecule has 0 saturated heterocycles. The maximum absolute atomic E-state index is 8.66. The van der Waals surface area contributed by atoms with Crippen LogP contribution in [0.1, 0.15) is 29.9 Å². The predicted octanol–water partition coefficient (Wildman–Crippen LogP) is 3.74. The Labute approximate surface area is 132 Å². The van der Waals surface area contributed by atoms with E-state index in [4.69, 9.17) is 10.0 Å². The van der Waals surface area contributed by atoms with Gasteiger partial charge >= 0.3 is 7.12 Å². The molecule has 2 nitrogen and oxygen atoms in total. The van der Waals surface area contributed by atoms with E-state index in [-0.39, 0.29) is 0 Å². The van der Waals surface area contributed by atoms with Crippen molar-refractivity contribution in [3.8, 4) is 0 Å². The number of hydrogen-bond acceptors (Lipinski definition) is 3. The fourth-order valence-corrected chi connectivity index (χ4v) is 2.08. The van der Waals surface area contributed by atoms with Crippen LogP contribution in [-0.4, -0.2) is 17.2 Å². The number of aryl methyl sites for hydroxylation is 1. The molecular weight excluding hydrogens is 279 g/mol. The summed E-state index contributed by atoms with van der Waals surface area (Å²) in [5.41, 5.74) is 3.00. The van der Waals surface area contributed by atoms with E-state index in [1.807, 2.05) is 19.9 Å². The first-order chi connectivity index (χ1) is 10.1. The molecule has 0 bridgehead atoms. The Kier molecular flexibility index (Phi) is 10.2. The number of thiophene rings is 1. The molecule has 0 aliphatic rings. The Bertz CT molecular complexity index is 530. The van der Waals surface area contributed by atoms with Crippen LogP contribution in [0.3, 0.4) is 0 Å². The summed E-state index contributed by atoms with van der Waals surface area (Å²) in [4.78, 5) is 0.947. The summed E-state index contributed by atoms with van der Waals surface area (Å²) >= 11 is 1.44. The third-order valence-electron chi connectivity index (χ3n) is 2.45. The Morgan fingerprint density at radius 1 is 1.05 bits per heavy atom. The summed E-state index contributed by atoms with van der Waals surface area (Å²) in [6.45, 7) is 13.3. The van der Waals surface area contributed by atoms with Crippen molar-refractivity contribution in [2.75, 3.05) is 0 Å². The third-order valence-corrected chi connectivity index (χ3v) is 3.40. The SMILES string of the molecule is C=Cc1cc(B(O)O)cs1.C=Cc1ccc(C)cc1.CC. The fraction of sp³-hybridized carbons (Fsp3) is 0.176. The van der Waals surface area contributed by atoms with Crippen LogP contribution in [0.5, 0.6) is 0 Å². The first kappa shape index (κ1) is 19.4. The van der Waals surface area contributed by atoms with E-state index in [1.165, 1.54) is 22.5 Å². The number of rotatable bonds is 3. The van der Waals surface area contributed by atoms with E-state index in [0.29, 0.717) is 5.46 Å². The van der Waals surface area contributed by atoms with Crippen molar-refractivity contribution < 1.29 is 10.0 Å². The third kappa shape index (κ3) is 7.66. The Morgan fingerprint density at radius 2 is 1.62 bits per heavy atom. The van der Waals surface area contributed by atoms with Gasteiger partial charge in [0.15, 0.2) is 0 Å². The molecule has 0 aliphatic heterocycles. The molecule has 2 rings (SSSR count). The minimum atomic E-state index is -1.36. The molecule has 21 heavy (non-hydrogen) atoms. The van der Waals surface area contributed by atoms with Crippen LogP contribution in [0, 0.1) is 6.92 Å². The van der Waals surface area contributed by atoms with Crippen LogP contribution in [0.4, 0.5) is 0 Å². The fourth-order valence-electron chi connectivity index (χ4n) is 1.31. The standard InChI is InChI=1S/C9H10.C6H7BO2S.C2H6/c1-3-9-6-4-8(2)5-7-9;1-2-6-3-5(4-10-6)7(8)9;1-2/h3-7H,1H2,2H3;2-4,8-9H,1H2;1-2H3. The monoisotopic (exact) mass is 302 g/mol. The average molecular weight is 302 g/mol. The molecule has 2 aromatic rings. The van der Waals surface area contributed by atoms with Gasteiger partial charge in [0.05, 0.1) is 0 Å². The van der Waals surface area contributed by atoms with Crippen LogP contribution in [0.2, 0.25) is 0 Å². The van der Waals surface area contributed by atoms with Crippen molar-refractivity contribution in [1.82, 2.24) is 0 Å². The molecule has 112 valence electrons. The van der Waals surface area contributed by atoms with E-state index in [1.54, 1.807) is 17.5 Å². The molecule has 0 spiro atoms. The zero-order chi connectivity index (χ0) is 16.3. The van der Waals surface area contributed by atoms with Crippen molar-refractivity contribution >= 4 is 36.1 Å². The lowest BCUT2D eigenvalue weighted by molar-refractivity contribution is 0.426. The quantitative estimate of drug-likeness (QED) is 0.848. The molecule has 0 fully saturated rings. The minimum Gasteiger partial charge on any atom is -0.423 e. The largest absolute Gasteiger partial charge is 0.489 e. The summed E-state index contributed by atoms with van der Waals surface area (Å²) in [6.07, 6.45) is 3.52. The van der Waals surface area contributed by atoms with Crippen molar-refractivity contribution in [2.45, 2.75) is 20.8 Å². The van der Waals surface area contributed by atoms with Crippen LogP contribution in [-0.2, 0) is 0 Å². The molecule has 0 aliphatic carbocycles. The molecule has 1 aromatic heterocycles. The van der Waals surface area contributed by atoms with Gasteiger partial charge in [0.1, 0.15) is 0 Å². The Balaban J connectivity index is 0.000000342. The van der Waals surface area contributed by atoms with Crippen LogP contribution in [0.15, 0.2) is 48.9 Å². The van der Waals surface area contributed by atoms with E-state index in [2.05, 4.69) is 44.3 Å². The highest BCUT2D eigenvalue weighted by molar-refractivity contribution is 7.12. The molecule has 0 amide bonds. The predicted molar refractivity (Wildman–Crippen MR) is 96.9 cm³/mol. The second kappa shape index (κ2) is 11.1. The van der Waals surface area contributed by atoms with Gasteiger partial charge in [-0.2, -0.15) is 0 Å². The molecule has 2 N–H and O–H groups in total. The zero-order valence-corrected chi connectivity index (χ0v) is 13.7. The zero-order valence-electron chi connectivity index (χ0n) is 12.9. The first-order valence-corrected chi connectivity index (χ1v) is 7.71. The van der Waals surface area contributed by atoms with Crippen molar-refractivity contribution in [3.05, 3.63) is 64.9 Å². The maximum Gasteiger partial charge on any atom is 0.489 e.